The molecule has 3 nitrogen and oxygen atoms in total. The summed E-state index contributed by atoms with van der Waals surface area (Å²) in [6, 6.07) is 0.786. The number of aryl methyl sites for hydroxylation is 2. The first-order valence-corrected chi connectivity index (χ1v) is 9.45. The van der Waals surface area contributed by atoms with Gasteiger partial charge in [-0.1, -0.05) is 12.8 Å². The Hall–Kier alpha value is -0.610. The van der Waals surface area contributed by atoms with E-state index in [1.165, 1.54) is 55.5 Å². The second-order valence-corrected chi connectivity index (χ2v) is 7.77. The third-order valence-electron chi connectivity index (χ3n) is 4.60. The second kappa shape index (κ2) is 7.10. The molecule has 2 fully saturated rings. The van der Waals surface area contributed by atoms with E-state index < -0.39 is 0 Å². The fourth-order valence-corrected chi connectivity index (χ4v) is 4.35. The van der Waals surface area contributed by atoms with Crippen molar-refractivity contribution < 1.29 is 0 Å². The maximum absolute atomic E-state index is 4.75. The van der Waals surface area contributed by atoms with Crippen molar-refractivity contribution in [1.82, 2.24) is 15.3 Å². The lowest BCUT2D eigenvalue weighted by Gasteiger charge is -2.12. The van der Waals surface area contributed by atoms with Crippen LogP contribution in [0.4, 0.5) is 0 Å². The number of hydrogen-bond donors (Lipinski definition) is 1. The smallest absolute Gasteiger partial charge is 0.138 e. The zero-order valence-electron chi connectivity index (χ0n) is 13.3. The fourth-order valence-electron chi connectivity index (χ4n) is 3.17. The van der Waals surface area contributed by atoms with Gasteiger partial charge in [0.05, 0.1) is 5.75 Å². The van der Waals surface area contributed by atoms with Crippen LogP contribution in [0, 0.1) is 13.8 Å². The van der Waals surface area contributed by atoms with Crippen LogP contribution in [-0.4, -0.2) is 27.8 Å². The quantitative estimate of drug-likeness (QED) is 0.836. The highest BCUT2D eigenvalue weighted by Crippen LogP contribution is 2.31. The average Bonchev–Trinajstić information content (AvgIpc) is 3.12. The van der Waals surface area contributed by atoms with Gasteiger partial charge < -0.3 is 5.32 Å². The predicted molar refractivity (Wildman–Crippen MR) is 89.8 cm³/mol. The van der Waals surface area contributed by atoms with E-state index in [0.717, 1.165) is 35.8 Å². The molecule has 1 aromatic rings. The fraction of sp³-hybridized carbons (Fsp3) is 0.765. The van der Waals surface area contributed by atoms with Crippen molar-refractivity contribution in [2.75, 3.05) is 6.54 Å². The van der Waals surface area contributed by atoms with E-state index in [1.54, 1.807) is 0 Å². The van der Waals surface area contributed by atoms with Crippen molar-refractivity contribution in [3.05, 3.63) is 22.8 Å². The Morgan fingerprint density at radius 1 is 1.05 bits per heavy atom. The van der Waals surface area contributed by atoms with Gasteiger partial charge in [0.1, 0.15) is 5.82 Å². The molecule has 2 saturated carbocycles. The number of rotatable bonds is 7. The number of aromatic nitrogens is 2. The van der Waals surface area contributed by atoms with Crippen molar-refractivity contribution in [2.24, 2.45) is 0 Å². The van der Waals surface area contributed by atoms with E-state index in [-0.39, 0.29) is 0 Å². The monoisotopic (exact) mass is 305 g/mol. The van der Waals surface area contributed by atoms with Crippen LogP contribution < -0.4 is 5.32 Å². The first-order valence-electron chi connectivity index (χ1n) is 8.40. The summed E-state index contributed by atoms with van der Waals surface area (Å²) in [5.41, 5.74) is 3.71. The minimum atomic E-state index is 0.786. The van der Waals surface area contributed by atoms with Gasteiger partial charge in [-0.2, -0.15) is 11.8 Å². The first kappa shape index (κ1) is 15.3. The molecule has 0 spiro atoms. The average molecular weight is 305 g/mol. The summed E-state index contributed by atoms with van der Waals surface area (Å²) in [7, 11) is 0. The summed E-state index contributed by atoms with van der Waals surface area (Å²) >= 11 is 2.05. The molecule has 0 amide bonds. The van der Waals surface area contributed by atoms with Crippen LogP contribution in [0.2, 0.25) is 0 Å². The summed E-state index contributed by atoms with van der Waals surface area (Å²) in [5, 5.41) is 4.42. The SMILES string of the molecule is Cc1nc(CSC2CCCC2)nc(C)c1CCNC1CC1. The lowest BCUT2D eigenvalue weighted by atomic mass is 10.1. The van der Waals surface area contributed by atoms with Crippen LogP contribution in [0.15, 0.2) is 0 Å². The summed E-state index contributed by atoms with van der Waals surface area (Å²) in [6.07, 6.45) is 9.34. The highest BCUT2D eigenvalue weighted by Gasteiger charge is 2.20. The summed E-state index contributed by atoms with van der Waals surface area (Å²) < 4.78 is 0. The summed E-state index contributed by atoms with van der Waals surface area (Å²) in [4.78, 5) is 9.50. The Morgan fingerprint density at radius 2 is 1.71 bits per heavy atom. The van der Waals surface area contributed by atoms with Gasteiger partial charge in [-0.3, -0.25) is 0 Å². The van der Waals surface area contributed by atoms with Crippen LogP contribution in [0.3, 0.4) is 0 Å². The van der Waals surface area contributed by atoms with Crippen molar-refractivity contribution in [2.45, 2.75) is 75.8 Å². The molecule has 3 rings (SSSR count). The molecule has 1 heterocycles. The maximum Gasteiger partial charge on any atom is 0.138 e. The van der Waals surface area contributed by atoms with Gasteiger partial charge in [0.25, 0.3) is 0 Å². The molecule has 0 saturated heterocycles. The minimum absolute atomic E-state index is 0.786. The van der Waals surface area contributed by atoms with Crippen LogP contribution >= 0.6 is 11.8 Å². The van der Waals surface area contributed by atoms with Gasteiger partial charge in [-0.25, -0.2) is 9.97 Å². The summed E-state index contributed by atoms with van der Waals surface area (Å²) in [5.74, 6) is 2.01. The molecule has 116 valence electrons. The highest BCUT2D eigenvalue weighted by molar-refractivity contribution is 7.99. The molecular weight excluding hydrogens is 278 g/mol. The van der Waals surface area contributed by atoms with Crippen LogP contribution in [-0.2, 0) is 12.2 Å². The molecule has 1 N–H and O–H groups in total. The van der Waals surface area contributed by atoms with Gasteiger partial charge in [0.15, 0.2) is 0 Å². The highest BCUT2D eigenvalue weighted by atomic mass is 32.2. The number of nitrogens with zero attached hydrogens (tertiary/aromatic N) is 2. The zero-order chi connectivity index (χ0) is 14.7. The topological polar surface area (TPSA) is 37.8 Å². The van der Waals surface area contributed by atoms with Gasteiger partial charge in [0.2, 0.25) is 0 Å². The number of nitrogens with one attached hydrogen (secondary N) is 1. The molecule has 0 aliphatic heterocycles. The lowest BCUT2D eigenvalue weighted by Crippen LogP contribution is -2.20. The second-order valence-electron chi connectivity index (χ2n) is 6.49. The first-order chi connectivity index (χ1) is 10.2. The predicted octanol–water partition coefficient (Wildman–Crippen LogP) is 3.56. The number of hydrogen-bond acceptors (Lipinski definition) is 4. The molecule has 4 heteroatoms. The Labute approximate surface area is 132 Å². The molecule has 2 aliphatic rings. The minimum Gasteiger partial charge on any atom is -0.314 e. The number of thioether (sulfide) groups is 1. The lowest BCUT2D eigenvalue weighted by molar-refractivity contribution is 0.674. The molecule has 0 radical (unpaired) electrons. The Kier molecular flexibility index (Phi) is 5.17. The Morgan fingerprint density at radius 3 is 2.33 bits per heavy atom. The van der Waals surface area contributed by atoms with E-state index in [2.05, 4.69) is 30.9 Å². The zero-order valence-corrected chi connectivity index (χ0v) is 14.1. The third kappa shape index (κ3) is 4.43. The van der Waals surface area contributed by atoms with Gasteiger partial charge in [-0.05, 0) is 58.1 Å². The van der Waals surface area contributed by atoms with E-state index in [0.29, 0.717) is 0 Å². The van der Waals surface area contributed by atoms with Crippen LogP contribution in [0.25, 0.3) is 0 Å². The normalized spacial score (nSPS) is 19.3. The largest absolute Gasteiger partial charge is 0.314 e. The van der Waals surface area contributed by atoms with Crippen LogP contribution in [0.5, 0.6) is 0 Å². The van der Waals surface area contributed by atoms with E-state index in [1.807, 2.05) is 0 Å². The van der Waals surface area contributed by atoms with Gasteiger partial charge in [-0.15, -0.1) is 0 Å². The molecule has 2 aliphatic carbocycles. The Balaban J connectivity index is 1.55. The molecule has 0 unspecified atom stereocenters. The van der Waals surface area contributed by atoms with E-state index >= 15 is 0 Å². The van der Waals surface area contributed by atoms with Crippen LogP contribution in [0.1, 0.15) is 61.3 Å². The molecule has 1 aromatic heterocycles. The molecule has 0 bridgehead atoms. The van der Waals surface area contributed by atoms with Crippen molar-refractivity contribution in [3.8, 4) is 0 Å². The standard InChI is InChI=1S/C17H27N3S/c1-12-16(9-10-18-14-7-8-14)13(2)20-17(19-12)11-21-15-5-3-4-6-15/h14-15,18H,3-11H2,1-2H3. The van der Waals surface area contributed by atoms with Crippen molar-refractivity contribution in [3.63, 3.8) is 0 Å². The Bertz CT molecular complexity index is 456. The van der Waals surface area contributed by atoms with Gasteiger partial charge in [0, 0.05) is 22.7 Å². The van der Waals surface area contributed by atoms with Crippen molar-refractivity contribution >= 4 is 11.8 Å². The van der Waals surface area contributed by atoms with Gasteiger partial charge >= 0.3 is 0 Å². The molecule has 0 aromatic carbocycles. The molecule has 21 heavy (non-hydrogen) atoms. The van der Waals surface area contributed by atoms with Crippen molar-refractivity contribution in [1.29, 1.82) is 0 Å². The maximum atomic E-state index is 4.75. The summed E-state index contributed by atoms with van der Waals surface area (Å²) in [6.45, 7) is 5.35. The van der Waals surface area contributed by atoms with E-state index in [4.69, 9.17) is 9.97 Å². The molecular formula is C17H27N3S. The third-order valence-corrected chi connectivity index (χ3v) is 5.97. The van der Waals surface area contributed by atoms with E-state index in [9.17, 15) is 0 Å². The molecule has 0 atom stereocenters.